The molecule has 2 rings (SSSR count). The fraction of sp³-hybridized carbons (Fsp3) is 0.0714. The van der Waals surface area contributed by atoms with Crippen molar-refractivity contribution in [1.82, 2.24) is 0 Å². The zero-order chi connectivity index (χ0) is 13.8. The maximum Gasteiger partial charge on any atom is 0.338 e. The van der Waals surface area contributed by atoms with E-state index in [0.717, 1.165) is 3.57 Å². The van der Waals surface area contributed by atoms with Crippen LogP contribution in [0.5, 0.6) is 5.75 Å². The predicted molar refractivity (Wildman–Crippen MR) is 76.9 cm³/mol. The Labute approximate surface area is 123 Å². The van der Waals surface area contributed by atoms with E-state index in [1.165, 1.54) is 12.1 Å². The third-order valence-corrected chi connectivity index (χ3v) is 3.14. The van der Waals surface area contributed by atoms with Gasteiger partial charge in [0.15, 0.2) is 0 Å². The van der Waals surface area contributed by atoms with Crippen molar-refractivity contribution in [1.29, 1.82) is 0 Å². The summed E-state index contributed by atoms with van der Waals surface area (Å²) in [4.78, 5) is 10.7. The molecule has 5 heteroatoms. The third kappa shape index (κ3) is 3.66. The Morgan fingerprint density at radius 1 is 1.26 bits per heavy atom. The number of halogens is 2. The third-order valence-electron chi connectivity index (χ3n) is 2.47. The number of ether oxygens (including phenoxy) is 1. The van der Waals surface area contributed by atoms with Crippen molar-refractivity contribution in [3.8, 4) is 5.75 Å². The summed E-state index contributed by atoms with van der Waals surface area (Å²) in [5.41, 5.74) is 0.249. The van der Waals surface area contributed by atoms with Gasteiger partial charge in [0.25, 0.3) is 0 Å². The molecule has 19 heavy (non-hydrogen) atoms. The highest BCUT2D eigenvalue weighted by molar-refractivity contribution is 14.1. The summed E-state index contributed by atoms with van der Waals surface area (Å²) in [6, 6.07) is 11.4. The molecule has 2 aromatic carbocycles. The number of hydrogen-bond donors (Lipinski definition) is 1. The highest BCUT2D eigenvalue weighted by Gasteiger charge is 2.10. The van der Waals surface area contributed by atoms with Gasteiger partial charge in [-0.3, -0.25) is 0 Å². The van der Waals surface area contributed by atoms with Crippen LogP contribution in [-0.2, 0) is 6.61 Å². The Balaban J connectivity index is 2.08. The van der Waals surface area contributed by atoms with E-state index in [0.29, 0.717) is 11.3 Å². The molecule has 0 aliphatic rings. The number of carboxylic acids is 1. The molecule has 1 N–H and O–H groups in total. The summed E-state index contributed by atoms with van der Waals surface area (Å²) < 4.78 is 20.0. The lowest BCUT2D eigenvalue weighted by Gasteiger charge is -2.07. The van der Waals surface area contributed by atoms with E-state index in [-0.39, 0.29) is 12.2 Å². The van der Waals surface area contributed by atoms with Gasteiger partial charge in [-0.25, -0.2) is 9.18 Å². The molecule has 0 amide bonds. The van der Waals surface area contributed by atoms with Crippen LogP contribution in [-0.4, -0.2) is 11.1 Å². The Hall–Kier alpha value is -1.63. The van der Waals surface area contributed by atoms with Gasteiger partial charge in [-0.15, -0.1) is 0 Å². The van der Waals surface area contributed by atoms with Crippen LogP contribution in [0.2, 0.25) is 0 Å². The first kappa shape index (κ1) is 13.8. The Kier molecular flexibility index (Phi) is 4.36. The molecule has 0 spiro atoms. The molecule has 0 bridgehead atoms. The van der Waals surface area contributed by atoms with Gasteiger partial charge in [-0.05, 0) is 58.5 Å². The van der Waals surface area contributed by atoms with E-state index in [2.05, 4.69) is 22.6 Å². The van der Waals surface area contributed by atoms with Gasteiger partial charge >= 0.3 is 5.97 Å². The average Bonchev–Trinajstić information content (AvgIpc) is 2.36. The number of carboxylic acid groups (broad SMARTS) is 1. The Morgan fingerprint density at radius 2 is 2.05 bits per heavy atom. The Bertz CT molecular complexity index is 613. The van der Waals surface area contributed by atoms with E-state index in [1.54, 1.807) is 6.07 Å². The van der Waals surface area contributed by atoms with Crippen molar-refractivity contribution >= 4 is 28.6 Å². The van der Waals surface area contributed by atoms with Gasteiger partial charge in [0.2, 0.25) is 0 Å². The summed E-state index contributed by atoms with van der Waals surface area (Å²) in [5.74, 6) is -1.34. The molecular weight excluding hydrogens is 362 g/mol. The van der Waals surface area contributed by atoms with Crippen LogP contribution in [0.25, 0.3) is 0 Å². The molecule has 0 saturated carbocycles. The van der Waals surface area contributed by atoms with Gasteiger partial charge in [-0.1, -0.05) is 12.1 Å². The molecule has 0 heterocycles. The SMILES string of the molecule is O=C(O)c1ccc(COc2cccc(I)c2)cc1F. The summed E-state index contributed by atoms with van der Waals surface area (Å²) >= 11 is 2.17. The van der Waals surface area contributed by atoms with Crippen molar-refractivity contribution in [2.24, 2.45) is 0 Å². The van der Waals surface area contributed by atoms with Crippen LogP contribution in [0.1, 0.15) is 15.9 Å². The van der Waals surface area contributed by atoms with Crippen LogP contribution < -0.4 is 4.74 Å². The van der Waals surface area contributed by atoms with E-state index in [1.807, 2.05) is 24.3 Å². The zero-order valence-corrected chi connectivity index (χ0v) is 11.9. The van der Waals surface area contributed by atoms with Gasteiger partial charge in [0, 0.05) is 3.57 Å². The van der Waals surface area contributed by atoms with Gasteiger partial charge in [-0.2, -0.15) is 0 Å². The molecule has 0 aromatic heterocycles. The maximum atomic E-state index is 13.5. The highest BCUT2D eigenvalue weighted by Crippen LogP contribution is 2.17. The van der Waals surface area contributed by atoms with E-state index in [9.17, 15) is 9.18 Å². The van der Waals surface area contributed by atoms with Crippen molar-refractivity contribution in [3.63, 3.8) is 0 Å². The summed E-state index contributed by atoms with van der Waals surface area (Å²) in [5, 5.41) is 8.72. The normalized spacial score (nSPS) is 10.2. The molecule has 0 atom stereocenters. The first-order chi connectivity index (χ1) is 9.06. The monoisotopic (exact) mass is 372 g/mol. The molecule has 0 unspecified atom stereocenters. The number of benzene rings is 2. The van der Waals surface area contributed by atoms with E-state index >= 15 is 0 Å². The van der Waals surface area contributed by atoms with E-state index in [4.69, 9.17) is 9.84 Å². The number of carbonyl (C=O) groups is 1. The predicted octanol–water partition coefficient (Wildman–Crippen LogP) is 3.71. The van der Waals surface area contributed by atoms with Crippen LogP contribution in [0.3, 0.4) is 0 Å². The molecule has 98 valence electrons. The number of hydrogen-bond acceptors (Lipinski definition) is 2. The van der Waals surface area contributed by atoms with E-state index < -0.39 is 11.8 Å². The van der Waals surface area contributed by atoms with Crippen LogP contribution in [0.15, 0.2) is 42.5 Å². The Morgan fingerprint density at radius 3 is 2.68 bits per heavy atom. The van der Waals surface area contributed by atoms with Gasteiger partial charge < -0.3 is 9.84 Å². The number of aromatic carboxylic acids is 1. The largest absolute Gasteiger partial charge is 0.489 e. The number of rotatable bonds is 4. The van der Waals surface area contributed by atoms with Crippen molar-refractivity contribution in [2.45, 2.75) is 6.61 Å². The fourth-order valence-electron chi connectivity index (χ4n) is 1.55. The minimum absolute atomic E-state index is 0.191. The van der Waals surface area contributed by atoms with Crippen molar-refractivity contribution < 1.29 is 19.0 Å². The van der Waals surface area contributed by atoms with Crippen LogP contribution in [0, 0.1) is 9.39 Å². The topological polar surface area (TPSA) is 46.5 Å². The summed E-state index contributed by atoms with van der Waals surface area (Å²) in [7, 11) is 0. The lowest BCUT2D eigenvalue weighted by Crippen LogP contribution is -2.02. The standard InChI is InChI=1S/C14H10FIO3/c15-13-6-9(4-5-12(13)14(17)18)8-19-11-3-1-2-10(16)7-11/h1-7H,8H2,(H,17,18). The fourth-order valence-corrected chi connectivity index (χ4v) is 2.06. The molecular formula is C14H10FIO3. The van der Waals surface area contributed by atoms with Gasteiger partial charge in [0.05, 0.1) is 5.56 Å². The lowest BCUT2D eigenvalue weighted by molar-refractivity contribution is 0.0692. The molecule has 0 aliphatic heterocycles. The quantitative estimate of drug-likeness (QED) is 0.833. The second-order valence-corrected chi connectivity index (χ2v) is 5.11. The molecule has 0 saturated heterocycles. The van der Waals surface area contributed by atoms with Crippen molar-refractivity contribution in [3.05, 3.63) is 63.0 Å². The molecule has 2 aromatic rings. The second kappa shape index (κ2) is 6.01. The molecule has 3 nitrogen and oxygen atoms in total. The summed E-state index contributed by atoms with van der Waals surface area (Å²) in [6.07, 6.45) is 0. The highest BCUT2D eigenvalue weighted by atomic mass is 127. The minimum Gasteiger partial charge on any atom is -0.489 e. The van der Waals surface area contributed by atoms with Crippen molar-refractivity contribution in [2.75, 3.05) is 0 Å². The average molecular weight is 372 g/mol. The van der Waals surface area contributed by atoms with Crippen LogP contribution >= 0.6 is 22.6 Å². The second-order valence-electron chi connectivity index (χ2n) is 3.87. The minimum atomic E-state index is -1.28. The van der Waals surface area contributed by atoms with Gasteiger partial charge in [0.1, 0.15) is 18.2 Å². The first-order valence-electron chi connectivity index (χ1n) is 5.46. The maximum absolute atomic E-state index is 13.5. The zero-order valence-electron chi connectivity index (χ0n) is 9.77. The molecule has 0 aliphatic carbocycles. The smallest absolute Gasteiger partial charge is 0.338 e. The lowest BCUT2D eigenvalue weighted by atomic mass is 10.1. The van der Waals surface area contributed by atoms with Crippen LogP contribution in [0.4, 0.5) is 4.39 Å². The first-order valence-corrected chi connectivity index (χ1v) is 6.54. The molecule has 0 fully saturated rings. The summed E-state index contributed by atoms with van der Waals surface area (Å²) in [6.45, 7) is 0.191. The molecule has 0 radical (unpaired) electrons.